The Bertz CT molecular complexity index is 1440. The smallest absolute Gasteiger partial charge is 0.340 e. The number of hydrazone groups is 1. The summed E-state index contributed by atoms with van der Waals surface area (Å²) in [5, 5.41) is 6.25. The fourth-order valence-corrected chi connectivity index (χ4v) is 4.40. The number of benzene rings is 3. The lowest BCUT2D eigenvalue weighted by Gasteiger charge is -2.15. The number of amidine groups is 1. The van der Waals surface area contributed by atoms with Crippen molar-refractivity contribution in [3.05, 3.63) is 83.4 Å². The van der Waals surface area contributed by atoms with Gasteiger partial charge in [0.25, 0.3) is 6.01 Å². The summed E-state index contributed by atoms with van der Waals surface area (Å²) in [6.07, 6.45) is 0. The molecule has 1 aliphatic heterocycles. The molecule has 3 aromatic carbocycles. The average molecular weight is 499 g/mol. The van der Waals surface area contributed by atoms with E-state index in [1.807, 2.05) is 47.8 Å². The summed E-state index contributed by atoms with van der Waals surface area (Å²) in [6.45, 7) is 7.80. The number of nitrogens with zero attached hydrogens (tertiary/aromatic N) is 4. The molecule has 0 amide bonds. The molecule has 2 heterocycles. The standard InChI is InChI=1S/C28H30N6O3/c1-4-34-31-26(30-32-34)22-11-8-7-10-21(22)20-16-14-19(15-17-20)18-33-25-23(27(35)36-5-2)12-9-13-24(25)29-28(33)37-6-3/h7-17,32H,4-6,18H2,1-3H3,(H,30,31). The maximum absolute atomic E-state index is 12.7. The van der Waals surface area contributed by atoms with Crippen molar-refractivity contribution in [2.45, 2.75) is 27.3 Å². The molecule has 0 radical (unpaired) electrons. The van der Waals surface area contributed by atoms with Crippen LogP contribution in [-0.2, 0) is 11.3 Å². The quantitative estimate of drug-likeness (QED) is 0.332. The molecule has 4 aromatic rings. The van der Waals surface area contributed by atoms with E-state index < -0.39 is 0 Å². The molecule has 9 nitrogen and oxygen atoms in total. The number of carbonyl (C=O) groups excluding carboxylic acids is 1. The van der Waals surface area contributed by atoms with Gasteiger partial charge in [0, 0.05) is 12.1 Å². The van der Waals surface area contributed by atoms with E-state index in [9.17, 15) is 4.79 Å². The number of nitrogens with one attached hydrogen (secondary N) is 2. The van der Waals surface area contributed by atoms with Gasteiger partial charge in [-0.15, -0.1) is 10.2 Å². The number of esters is 1. The predicted octanol–water partition coefficient (Wildman–Crippen LogP) is 4.33. The van der Waals surface area contributed by atoms with Crippen LogP contribution in [0.3, 0.4) is 0 Å². The average Bonchev–Trinajstić information content (AvgIpc) is 3.54. The molecule has 2 N–H and O–H groups in total. The second-order valence-corrected chi connectivity index (χ2v) is 8.47. The van der Waals surface area contributed by atoms with E-state index >= 15 is 0 Å². The number of aromatic nitrogens is 2. The Morgan fingerprint density at radius 2 is 1.70 bits per heavy atom. The second kappa shape index (κ2) is 10.7. The first-order valence-electron chi connectivity index (χ1n) is 12.5. The molecule has 1 aromatic heterocycles. The molecule has 0 unspecified atom stereocenters. The van der Waals surface area contributed by atoms with Crippen molar-refractivity contribution in [2.75, 3.05) is 19.8 Å². The van der Waals surface area contributed by atoms with Gasteiger partial charge in [0.1, 0.15) is 0 Å². The number of hydrogen-bond donors (Lipinski definition) is 2. The van der Waals surface area contributed by atoms with Crippen molar-refractivity contribution < 1.29 is 14.3 Å². The maximum Gasteiger partial charge on any atom is 0.340 e. The number of ether oxygens (including phenoxy) is 2. The summed E-state index contributed by atoms with van der Waals surface area (Å²) in [6, 6.07) is 22.5. The molecule has 0 aliphatic carbocycles. The molecule has 9 heteroatoms. The van der Waals surface area contributed by atoms with Crippen LogP contribution >= 0.6 is 0 Å². The van der Waals surface area contributed by atoms with Gasteiger partial charge in [-0.25, -0.2) is 10.3 Å². The first-order valence-corrected chi connectivity index (χ1v) is 12.5. The maximum atomic E-state index is 12.7. The molecule has 190 valence electrons. The molecule has 0 fully saturated rings. The van der Waals surface area contributed by atoms with Gasteiger partial charge in [0.2, 0.25) is 0 Å². The van der Waals surface area contributed by atoms with Crippen LogP contribution in [0.2, 0.25) is 0 Å². The van der Waals surface area contributed by atoms with Gasteiger partial charge < -0.3 is 9.47 Å². The Balaban J connectivity index is 1.48. The normalized spacial score (nSPS) is 13.2. The molecule has 0 atom stereocenters. The third-order valence-electron chi connectivity index (χ3n) is 6.13. The fraction of sp³-hybridized carbons (Fsp3) is 0.250. The largest absolute Gasteiger partial charge is 0.465 e. The number of para-hydroxylation sites is 1. The highest BCUT2D eigenvalue weighted by atomic mass is 16.5. The first kappa shape index (κ1) is 24.3. The highest BCUT2D eigenvalue weighted by molar-refractivity contribution is 6.04. The van der Waals surface area contributed by atoms with Crippen molar-refractivity contribution in [1.29, 1.82) is 0 Å². The van der Waals surface area contributed by atoms with Crippen LogP contribution < -0.4 is 15.7 Å². The third kappa shape index (κ3) is 4.85. The molecule has 1 aliphatic rings. The van der Waals surface area contributed by atoms with E-state index in [1.165, 1.54) is 0 Å². The number of hydrogen-bond acceptors (Lipinski definition) is 8. The zero-order chi connectivity index (χ0) is 25.8. The summed E-state index contributed by atoms with van der Waals surface area (Å²) >= 11 is 0. The van der Waals surface area contributed by atoms with Crippen molar-refractivity contribution in [1.82, 2.24) is 25.6 Å². The van der Waals surface area contributed by atoms with Crippen LogP contribution in [0.15, 0.2) is 71.8 Å². The number of rotatable bonds is 9. The highest BCUT2D eigenvalue weighted by Gasteiger charge is 2.21. The Morgan fingerprint density at radius 1 is 0.919 bits per heavy atom. The number of imidazole rings is 1. The van der Waals surface area contributed by atoms with E-state index in [1.54, 1.807) is 13.0 Å². The third-order valence-corrected chi connectivity index (χ3v) is 6.13. The van der Waals surface area contributed by atoms with Crippen molar-refractivity contribution in [3.63, 3.8) is 0 Å². The number of carbonyl (C=O) groups is 1. The van der Waals surface area contributed by atoms with Gasteiger partial charge in [-0.2, -0.15) is 4.98 Å². The van der Waals surface area contributed by atoms with Crippen LogP contribution in [0.1, 0.15) is 42.3 Å². The predicted molar refractivity (Wildman–Crippen MR) is 143 cm³/mol. The van der Waals surface area contributed by atoms with Gasteiger partial charge in [-0.1, -0.05) is 54.6 Å². The summed E-state index contributed by atoms with van der Waals surface area (Å²) in [7, 11) is 0. The van der Waals surface area contributed by atoms with Gasteiger partial charge in [-0.3, -0.25) is 9.99 Å². The minimum Gasteiger partial charge on any atom is -0.465 e. The molecule has 0 spiro atoms. The minimum absolute atomic E-state index is 0.305. The van der Waals surface area contributed by atoms with Crippen LogP contribution in [0.4, 0.5) is 0 Å². The monoisotopic (exact) mass is 498 g/mol. The first-order chi connectivity index (χ1) is 18.1. The zero-order valence-corrected chi connectivity index (χ0v) is 21.2. The Kier molecular flexibility index (Phi) is 7.04. The lowest BCUT2D eigenvalue weighted by molar-refractivity contribution is 0.0528. The number of fused-ring (bicyclic) bond motifs is 1. The highest BCUT2D eigenvalue weighted by Crippen LogP contribution is 2.29. The van der Waals surface area contributed by atoms with Gasteiger partial charge in [0.15, 0.2) is 5.84 Å². The zero-order valence-electron chi connectivity index (χ0n) is 21.2. The van der Waals surface area contributed by atoms with Crippen LogP contribution in [0.25, 0.3) is 22.2 Å². The van der Waals surface area contributed by atoms with Crippen LogP contribution in [0, 0.1) is 0 Å². The molecule has 37 heavy (non-hydrogen) atoms. The van der Waals surface area contributed by atoms with Crippen LogP contribution in [-0.4, -0.2) is 46.2 Å². The van der Waals surface area contributed by atoms with Gasteiger partial charge in [0.05, 0.1) is 36.4 Å². The Labute approximate surface area is 215 Å². The topological polar surface area (TPSA) is 93.0 Å². The van der Waals surface area contributed by atoms with E-state index in [-0.39, 0.29) is 5.97 Å². The lowest BCUT2D eigenvalue weighted by atomic mass is 9.98. The van der Waals surface area contributed by atoms with Gasteiger partial charge >= 0.3 is 5.97 Å². The van der Waals surface area contributed by atoms with E-state index in [0.717, 1.165) is 34.6 Å². The van der Waals surface area contributed by atoms with Crippen LogP contribution in [0.5, 0.6) is 6.01 Å². The second-order valence-electron chi connectivity index (χ2n) is 8.47. The SMILES string of the molecule is CCOC(=O)c1cccc2nc(OCC)n(Cc3ccc(-c4ccccc4C4=NNN(CC)N4)cc3)c12. The molecule has 0 saturated carbocycles. The molecule has 5 rings (SSSR count). The number of hydrazine groups is 2. The summed E-state index contributed by atoms with van der Waals surface area (Å²) < 4.78 is 13.1. The minimum atomic E-state index is -0.371. The summed E-state index contributed by atoms with van der Waals surface area (Å²) in [4.78, 5) is 17.3. The molecule has 0 saturated heterocycles. The molecule has 0 bridgehead atoms. The van der Waals surface area contributed by atoms with E-state index in [0.29, 0.717) is 42.4 Å². The van der Waals surface area contributed by atoms with E-state index in [4.69, 9.17) is 9.47 Å². The Morgan fingerprint density at radius 3 is 2.41 bits per heavy atom. The Hall–Kier alpha value is -4.37. The summed E-state index contributed by atoms with van der Waals surface area (Å²) in [5.41, 5.74) is 12.3. The van der Waals surface area contributed by atoms with Gasteiger partial charge in [-0.05, 0) is 49.6 Å². The van der Waals surface area contributed by atoms with E-state index in [2.05, 4.69) is 57.4 Å². The molecular weight excluding hydrogens is 468 g/mol. The fourth-order valence-electron chi connectivity index (χ4n) is 4.40. The summed E-state index contributed by atoms with van der Waals surface area (Å²) in [5.74, 6) is 0.406. The van der Waals surface area contributed by atoms with Crippen molar-refractivity contribution in [3.8, 4) is 17.1 Å². The molecular formula is C28H30N6O3. The lowest BCUT2D eigenvalue weighted by Crippen LogP contribution is -2.41. The van der Waals surface area contributed by atoms with Crippen molar-refractivity contribution in [2.24, 2.45) is 5.10 Å². The van der Waals surface area contributed by atoms with Crippen molar-refractivity contribution >= 4 is 22.8 Å².